The first-order valence-corrected chi connectivity index (χ1v) is 7.02. The topological polar surface area (TPSA) is 74.7 Å². The van der Waals surface area contributed by atoms with E-state index in [1.54, 1.807) is 6.92 Å². The van der Waals surface area contributed by atoms with Crippen molar-refractivity contribution in [3.63, 3.8) is 0 Å². The molecule has 0 unspecified atom stereocenters. The number of carbonyl (C=O) groups is 1. The van der Waals surface area contributed by atoms with E-state index in [-0.39, 0.29) is 9.77 Å². The fourth-order valence-electron chi connectivity index (χ4n) is 1.49. The van der Waals surface area contributed by atoms with Gasteiger partial charge in [0.15, 0.2) is 0 Å². The third kappa shape index (κ3) is 1.74. The van der Waals surface area contributed by atoms with Crippen molar-refractivity contribution in [1.29, 1.82) is 0 Å². The third-order valence-electron chi connectivity index (χ3n) is 2.52. The Hall–Kier alpha value is -0.920. The number of hydrogen-bond acceptors (Lipinski definition) is 4. The second-order valence-electron chi connectivity index (χ2n) is 3.59. The zero-order chi connectivity index (χ0) is 11.9. The molecule has 1 saturated heterocycles. The highest BCUT2D eigenvalue weighted by Gasteiger charge is 2.32. The lowest BCUT2D eigenvalue weighted by Crippen LogP contribution is -2.41. The van der Waals surface area contributed by atoms with Crippen molar-refractivity contribution in [2.45, 2.75) is 18.2 Å². The molecular formula is C9H11NO4S2. The molecule has 16 heavy (non-hydrogen) atoms. The number of aryl methyl sites for hydroxylation is 1. The maximum atomic E-state index is 12.0. The van der Waals surface area contributed by atoms with E-state index in [0.29, 0.717) is 18.0 Å². The Labute approximate surface area is 97.4 Å². The molecule has 0 spiro atoms. The quantitative estimate of drug-likeness (QED) is 0.885. The summed E-state index contributed by atoms with van der Waals surface area (Å²) in [7, 11) is -3.47. The van der Waals surface area contributed by atoms with Crippen molar-refractivity contribution >= 4 is 27.3 Å². The predicted molar refractivity (Wildman–Crippen MR) is 59.4 cm³/mol. The van der Waals surface area contributed by atoms with Crippen LogP contribution in [0.4, 0.5) is 0 Å². The average molecular weight is 261 g/mol. The number of hydrogen-bond donors (Lipinski definition) is 1. The molecule has 1 fully saturated rings. The standard InChI is InChI=1S/C9H11NO4S2/c1-6-8(5-7(15-6)9(11)12)16(13,14)10-3-2-4-10/h5H,2-4H2,1H3,(H,11,12). The van der Waals surface area contributed by atoms with Gasteiger partial charge in [0.05, 0.1) is 4.90 Å². The molecule has 1 aromatic rings. The molecule has 0 atom stereocenters. The first-order chi connectivity index (χ1) is 7.43. The molecule has 0 amide bonds. The fraction of sp³-hybridized carbons (Fsp3) is 0.444. The molecule has 0 aromatic carbocycles. The molecular weight excluding hydrogens is 250 g/mol. The Kier molecular flexibility index (Phi) is 2.77. The smallest absolute Gasteiger partial charge is 0.345 e. The molecule has 1 N–H and O–H groups in total. The van der Waals surface area contributed by atoms with Gasteiger partial charge in [0.25, 0.3) is 0 Å². The second-order valence-corrected chi connectivity index (χ2v) is 6.76. The second kappa shape index (κ2) is 3.83. The summed E-state index contributed by atoms with van der Waals surface area (Å²) in [6.07, 6.45) is 0.869. The minimum Gasteiger partial charge on any atom is -0.477 e. The van der Waals surface area contributed by atoms with Gasteiger partial charge >= 0.3 is 5.97 Å². The van der Waals surface area contributed by atoms with E-state index in [9.17, 15) is 13.2 Å². The Bertz CT molecular complexity index is 528. The number of rotatable bonds is 3. The van der Waals surface area contributed by atoms with Gasteiger partial charge in [0, 0.05) is 18.0 Å². The lowest BCUT2D eigenvalue weighted by atomic mass is 10.3. The summed E-state index contributed by atoms with van der Waals surface area (Å²) >= 11 is 0.996. The lowest BCUT2D eigenvalue weighted by molar-refractivity contribution is 0.0702. The van der Waals surface area contributed by atoms with Crippen LogP contribution in [0.25, 0.3) is 0 Å². The maximum absolute atomic E-state index is 12.0. The van der Waals surface area contributed by atoms with Crippen molar-refractivity contribution in [3.8, 4) is 0 Å². The van der Waals surface area contributed by atoms with E-state index in [0.717, 1.165) is 17.8 Å². The summed E-state index contributed by atoms with van der Waals surface area (Å²) < 4.78 is 25.4. The number of nitrogens with zero attached hydrogens (tertiary/aromatic N) is 1. The van der Waals surface area contributed by atoms with Crippen molar-refractivity contribution in [1.82, 2.24) is 4.31 Å². The average Bonchev–Trinajstić information content (AvgIpc) is 2.43. The first kappa shape index (κ1) is 11.6. The third-order valence-corrected chi connectivity index (χ3v) is 5.71. The number of thiophene rings is 1. The van der Waals surface area contributed by atoms with E-state index in [1.807, 2.05) is 0 Å². The molecule has 0 aliphatic carbocycles. The van der Waals surface area contributed by atoms with Crippen LogP contribution in [0.15, 0.2) is 11.0 Å². The van der Waals surface area contributed by atoms with Crippen LogP contribution in [-0.2, 0) is 10.0 Å². The Morgan fingerprint density at radius 1 is 1.50 bits per heavy atom. The van der Waals surface area contributed by atoms with Gasteiger partial charge in [0.2, 0.25) is 10.0 Å². The van der Waals surface area contributed by atoms with Crippen LogP contribution in [0.1, 0.15) is 21.0 Å². The van der Waals surface area contributed by atoms with Gasteiger partial charge in [0.1, 0.15) is 4.88 Å². The van der Waals surface area contributed by atoms with Gasteiger partial charge in [-0.15, -0.1) is 11.3 Å². The Morgan fingerprint density at radius 3 is 2.50 bits per heavy atom. The van der Waals surface area contributed by atoms with Crippen LogP contribution < -0.4 is 0 Å². The van der Waals surface area contributed by atoms with Crippen LogP contribution in [0.3, 0.4) is 0 Å². The number of sulfonamides is 1. The summed E-state index contributed by atoms with van der Waals surface area (Å²) in [5.41, 5.74) is 0. The Balaban J connectivity index is 2.43. The molecule has 1 aliphatic heterocycles. The van der Waals surface area contributed by atoms with Crippen molar-refractivity contribution in [3.05, 3.63) is 15.8 Å². The van der Waals surface area contributed by atoms with Crippen LogP contribution in [0.5, 0.6) is 0 Å². The minimum atomic E-state index is -3.47. The van der Waals surface area contributed by atoms with Gasteiger partial charge in [-0.25, -0.2) is 13.2 Å². The van der Waals surface area contributed by atoms with Crippen molar-refractivity contribution in [2.24, 2.45) is 0 Å². The molecule has 0 saturated carbocycles. The zero-order valence-corrected chi connectivity index (χ0v) is 10.3. The lowest BCUT2D eigenvalue weighted by Gasteiger charge is -2.29. The highest BCUT2D eigenvalue weighted by atomic mass is 32.2. The number of carboxylic acids is 1. The van der Waals surface area contributed by atoms with Crippen molar-refractivity contribution in [2.75, 3.05) is 13.1 Å². The van der Waals surface area contributed by atoms with Gasteiger partial charge in [-0.05, 0) is 19.4 Å². The molecule has 88 valence electrons. The van der Waals surface area contributed by atoms with E-state index in [2.05, 4.69) is 0 Å². The summed E-state index contributed by atoms with van der Waals surface area (Å²) in [5.74, 6) is -1.09. The van der Waals surface area contributed by atoms with Crippen LogP contribution >= 0.6 is 11.3 Å². The molecule has 2 heterocycles. The monoisotopic (exact) mass is 261 g/mol. The molecule has 0 bridgehead atoms. The molecule has 0 radical (unpaired) electrons. The highest BCUT2D eigenvalue weighted by Crippen LogP contribution is 2.30. The highest BCUT2D eigenvalue weighted by molar-refractivity contribution is 7.89. The molecule has 1 aromatic heterocycles. The van der Waals surface area contributed by atoms with E-state index >= 15 is 0 Å². The fourth-order valence-corrected chi connectivity index (χ4v) is 4.41. The predicted octanol–water partition coefficient (Wildman–Crippen LogP) is 1.15. The summed E-state index contributed by atoms with van der Waals surface area (Å²) in [4.78, 5) is 11.5. The van der Waals surface area contributed by atoms with Crippen LogP contribution in [0, 0.1) is 6.92 Å². The normalized spacial score (nSPS) is 17.1. The van der Waals surface area contributed by atoms with Gasteiger partial charge < -0.3 is 5.11 Å². The van der Waals surface area contributed by atoms with Gasteiger partial charge in [-0.2, -0.15) is 4.31 Å². The SMILES string of the molecule is Cc1sc(C(=O)O)cc1S(=O)(=O)N1CCC1. The van der Waals surface area contributed by atoms with Crippen LogP contribution in [0.2, 0.25) is 0 Å². The first-order valence-electron chi connectivity index (χ1n) is 4.77. The van der Waals surface area contributed by atoms with Gasteiger partial charge in [-0.1, -0.05) is 0 Å². The minimum absolute atomic E-state index is 0.0663. The molecule has 1 aliphatic rings. The summed E-state index contributed by atoms with van der Waals surface area (Å²) in [6, 6.07) is 1.25. The number of aromatic carboxylic acids is 1. The maximum Gasteiger partial charge on any atom is 0.345 e. The summed E-state index contributed by atoms with van der Waals surface area (Å²) in [6.45, 7) is 2.68. The number of carboxylic acid groups (broad SMARTS) is 1. The van der Waals surface area contributed by atoms with Crippen LogP contribution in [-0.4, -0.2) is 36.9 Å². The summed E-state index contributed by atoms with van der Waals surface area (Å²) in [5, 5.41) is 8.80. The zero-order valence-electron chi connectivity index (χ0n) is 8.63. The molecule has 7 heteroatoms. The molecule has 2 rings (SSSR count). The largest absolute Gasteiger partial charge is 0.477 e. The molecule has 5 nitrogen and oxygen atoms in total. The van der Waals surface area contributed by atoms with E-state index < -0.39 is 16.0 Å². The van der Waals surface area contributed by atoms with E-state index in [4.69, 9.17) is 5.11 Å². The Morgan fingerprint density at radius 2 is 2.12 bits per heavy atom. The van der Waals surface area contributed by atoms with Gasteiger partial charge in [-0.3, -0.25) is 0 Å². The van der Waals surface area contributed by atoms with Crippen molar-refractivity contribution < 1.29 is 18.3 Å². The van der Waals surface area contributed by atoms with E-state index in [1.165, 1.54) is 10.4 Å².